The molecule has 0 atom stereocenters. The summed E-state index contributed by atoms with van der Waals surface area (Å²) in [6, 6.07) is 3.91. The molecule has 1 rings (SSSR count). The first-order valence-corrected chi connectivity index (χ1v) is 8.04. The van der Waals surface area contributed by atoms with E-state index in [1.807, 2.05) is 6.07 Å². The molecule has 1 heteroatoms. The van der Waals surface area contributed by atoms with E-state index < -0.39 is 0 Å². The van der Waals surface area contributed by atoms with Crippen molar-refractivity contribution in [1.29, 1.82) is 0 Å². The summed E-state index contributed by atoms with van der Waals surface area (Å²) in [5.74, 6) is 0.413. The average Bonchev–Trinajstić information content (AvgIpc) is 2.42. The molecule has 0 aliphatic heterocycles. The lowest BCUT2D eigenvalue weighted by molar-refractivity contribution is 0.468. The van der Waals surface area contributed by atoms with Crippen LogP contribution in [0.2, 0.25) is 0 Å². The van der Waals surface area contributed by atoms with Crippen LogP contribution in [0.5, 0.6) is 5.75 Å². The third-order valence-electron chi connectivity index (χ3n) is 3.66. The Kier molecular flexibility index (Phi) is 7.17. The lowest BCUT2D eigenvalue weighted by atomic mass is 9.92. The quantitative estimate of drug-likeness (QED) is 0.646. The number of rotatable bonds is 6. The molecule has 0 spiro atoms. The summed E-state index contributed by atoms with van der Waals surface area (Å²) in [5.41, 5.74) is 7.57. The van der Waals surface area contributed by atoms with Crippen molar-refractivity contribution in [3.8, 4) is 5.75 Å². The average molecular weight is 298 g/mol. The van der Waals surface area contributed by atoms with Crippen molar-refractivity contribution in [2.24, 2.45) is 0 Å². The van der Waals surface area contributed by atoms with Gasteiger partial charge in [0.05, 0.1) is 0 Å². The first-order chi connectivity index (χ1) is 10.3. The van der Waals surface area contributed by atoms with E-state index in [2.05, 4.69) is 65.8 Å². The maximum absolute atomic E-state index is 10.3. The summed E-state index contributed by atoms with van der Waals surface area (Å²) in [5, 5.41) is 10.3. The van der Waals surface area contributed by atoms with Gasteiger partial charge in [-0.25, -0.2) is 0 Å². The SMILES string of the molecule is CC(C)=CCc1ccc(O)c(CC=C(C)C)c1CC=C(C)C. The van der Waals surface area contributed by atoms with E-state index in [0.717, 1.165) is 24.8 Å². The van der Waals surface area contributed by atoms with Gasteiger partial charge in [0.2, 0.25) is 0 Å². The maximum Gasteiger partial charge on any atom is 0.119 e. The second kappa shape index (κ2) is 8.63. The van der Waals surface area contributed by atoms with Crippen LogP contribution in [0.25, 0.3) is 0 Å². The molecule has 0 aliphatic carbocycles. The number of hydrogen-bond donors (Lipinski definition) is 1. The topological polar surface area (TPSA) is 20.2 Å². The lowest BCUT2D eigenvalue weighted by Crippen LogP contribution is -2.00. The lowest BCUT2D eigenvalue weighted by Gasteiger charge is -2.14. The van der Waals surface area contributed by atoms with Crippen molar-refractivity contribution >= 4 is 0 Å². The Bertz CT molecular complexity index is 589. The third kappa shape index (κ3) is 5.93. The zero-order chi connectivity index (χ0) is 16.7. The van der Waals surface area contributed by atoms with Gasteiger partial charge in [-0.05, 0) is 78.0 Å². The fourth-order valence-corrected chi connectivity index (χ4v) is 2.33. The molecule has 0 saturated heterocycles. The highest BCUT2D eigenvalue weighted by atomic mass is 16.3. The van der Waals surface area contributed by atoms with E-state index in [1.54, 1.807) is 0 Å². The molecule has 0 saturated carbocycles. The molecule has 120 valence electrons. The van der Waals surface area contributed by atoms with Gasteiger partial charge in [0.15, 0.2) is 0 Å². The van der Waals surface area contributed by atoms with Crippen LogP contribution in [0.4, 0.5) is 0 Å². The van der Waals surface area contributed by atoms with Crippen molar-refractivity contribution in [1.82, 2.24) is 0 Å². The highest BCUT2D eigenvalue weighted by Crippen LogP contribution is 2.28. The van der Waals surface area contributed by atoms with Gasteiger partial charge in [-0.1, -0.05) is 41.0 Å². The highest BCUT2D eigenvalue weighted by molar-refractivity contribution is 5.47. The zero-order valence-electron chi connectivity index (χ0n) is 15.0. The first kappa shape index (κ1) is 18.3. The second-order valence-electron chi connectivity index (χ2n) is 6.66. The van der Waals surface area contributed by atoms with Gasteiger partial charge in [0, 0.05) is 5.56 Å². The fourth-order valence-electron chi connectivity index (χ4n) is 2.33. The molecule has 0 radical (unpaired) electrons. The molecule has 0 heterocycles. The monoisotopic (exact) mass is 298 g/mol. The van der Waals surface area contributed by atoms with Crippen LogP contribution >= 0.6 is 0 Å². The number of phenols is 1. The van der Waals surface area contributed by atoms with Crippen LogP contribution in [0.1, 0.15) is 58.2 Å². The summed E-state index contributed by atoms with van der Waals surface area (Å²) in [6.07, 6.45) is 9.29. The van der Waals surface area contributed by atoms with Crippen LogP contribution in [0.3, 0.4) is 0 Å². The van der Waals surface area contributed by atoms with Crippen molar-refractivity contribution in [3.63, 3.8) is 0 Å². The number of aromatic hydroxyl groups is 1. The minimum absolute atomic E-state index is 0.413. The van der Waals surface area contributed by atoms with Gasteiger partial charge in [-0.3, -0.25) is 0 Å². The van der Waals surface area contributed by atoms with Crippen LogP contribution in [-0.4, -0.2) is 5.11 Å². The normalized spacial score (nSPS) is 10.1. The molecule has 0 unspecified atom stereocenters. The van der Waals surface area contributed by atoms with E-state index in [-0.39, 0.29) is 0 Å². The molecule has 1 aromatic rings. The Morgan fingerprint density at radius 2 is 1.18 bits per heavy atom. The van der Waals surface area contributed by atoms with E-state index in [0.29, 0.717) is 5.75 Å². The number of benzene rings is 1. The molecule has 0 bridgehead atoms. The predicted octanol–water partition coefficient (Wildman–Crippen LogP) is 5.92. The third-order valence-corrected chi connectivity index (χ3v) is 3.66. The Hall–Kier alpha value is -1.76. The van der Waals surface area contributed by atoms with E-state index >= 15 is 0 Å². The van der Waals surface area contributed by atoms with Gasteiger partial charge in [0.25, 0.3) is 0 Å². The molecule has 1 aromatic carbocycles. The number of allylic oxidation sites excluding steroid dienone is 6. The van der Waals surface area contributed by atoms with E-state index in [1.165, 1.54) is 27.8 Å². The summed E-state index contributed by atoms with van der Waals surface area (Å²) in [6.45, 7) is 12.7. The van der Waals surface area contributed by atoms with E-state index in [4.69, 9.17) is 0 Å². The van der Waals surface area contributed by atoms with Crippen LogP contribution < -0.4 is 0 Å². The summed E-state index contributed by atoms with van der Waals surface area (Å²) >= 11 is 0. The largest absolute Gasteiger partial charge is 0.508 e. The molecule has 0 aliphatic rings. The van der Waals surface area contributed by atoms with Crippen LogP contribution in [-0.2, 0) is 19.3 Å². The van der Waals surface area contributed by atoms with Crippen molar-refractivity contribution in [2.75, 3.05) is 0 Å². The summed E-state index contributed by atoms with van der Waals surface area (Å²) in [4.78, 5) is 0. The predicted molar refractivity (Wildman–Crippen MR) is 97.5 cm³/mol. The Labute approximate surface area is 136 Å². The van der Waals surface area contributed by atoms with Crippen LogP contribution in [0, 0.1) is 0 Å². The Balaban J connectivity index is 3.31. The van der Waals surface area contributed by atoms with Gasteiger partial charge >= 0.3 is 0 Å². The van der Waals surface area contributed by atoms with Gasteiger partial charge in [-0.15, -0.1) is 0 Å². The first-order valence-electron chi connectivity index (χ1n) is 8.04. The molecule has 0 amide bonds. The van der Waals surface area contributed by atoms with Crippen LogP contribution in [0.15, 0.2) is 47.1 Å². The molecule has 22 heavy (non-hydrogen) atoms. The number of phenolic OH excluding ortho intramolecular Hbond substituents is 1. The van der Waals surface area contributed by atoms with Gasteiger partial charge < -0.3 is 5.11 Å². The Morgan fingerprint density at radius 1 is 0.727 bits per heavy atom. The minimum Gasteiger partial charge on any atom is -0.508 e. The van der Waals surface area contributed by atoms with E-state index in [9.17, 15) is 5.11 Å². The van der Waals surface area contributed by atoms with Crippen molar-refractivity contribution in [2.45, 2.75) is 60.8 Å². The fraction of sp³-hybridized carbons (Fsp3) is 0.429. The zero-order valence-corrected chi connectivity index (χ0v) is 15.0. The van der Waals surface area contributed by atoms with Crippen molar-refractivity contribution < 1.29 is 5.11 Å². The van der Waals surface area contributed by atoms with Gasteiger partial charge in [0.1, 0.15) is 5.75 Å². The number of hydrogen-bond acceptors (Lipinski definition) is 1. The van der Waals surface area contributed by atoms with Gasteiger partial charge in [-0.2, -0.15) is 0 Å². The smallest absolute Gasteiger partial charge is 0.119 e. The van der Waals surface area contributed by atoms with Crippen molar-refractivity contribution in [3.05, 3.63) is 63.8 Å². The molecule has 0 aromatic heterocycles. The molecule has 1 N–H and O–H groups in total. The summed E-state index contributed by atoms with van der Waals surface area (Å²) < 4.78 is 0. The Morgan fingerprint density at radius 3 is 1.68 bits per heavy atom. The molecule has 0 fully saturated rings. The maximum atomic E-state index is 10.3. The minimum atomic E-state index is 0.413. The molecular formula is C21H30O. The molecular weight excluding hydrogens is 268 g/mol. The summed E-state index contributed by atoms with van der Waals surface area (Å²) in [7, 11) is 0. The molecule has 1 nitrogen and oxygen atoms in total. The highest BCUT2D eigenvalue weighted by Gasteiger charge is 2.11. The standard InChI is InChI=1S/C21H30O/c1-15(2)7-10-18-11-14-21(22)20(13-9-17(5)6)19(18)12-8-16(3)4/h7-9,11,14,22H,10,12-13H2,1-6H3. The second-order valence-corrected chi connectivity index (χ2v) is 6.66.